The van der Waals surface area contributed by atoms with Crippen molar-refractivity contribution in [2.75, 3.05) is 10.2 Å². The minimum Gasteiger partial charge on any atom is -0.326 e. The number of nitrogens with two attached hydrogens (primary N) is 1. The fourth-order valence-electron chi connectivity index (χ4n) is 5.45. The molecule has 0 unspecified atom stereocenters. The van der Waals surface area contributed by atoms with Crippen molar-refractivity contribution >= 4 is 34.8 Å². The van der Waals surface area contributed by atoms with Crippen LogP contribution in [0.3, 0.4) is 0 Å². The number of carbonyl (C=O) groups excluding carboxylic acids is 3. The van der Waals surface area contributed by atoms with Gasteiger partial charge in [-0.1, -0.05) is 38.1 Å². The second kappa shape index (κ2) is 6.45. The number of nitrogens with one attached hydrogen (secondary N) is 1. The van der Waals surface area contributed by atoms with Crippen LogP contribution in [0.5, 0.6) is 0 Å². The number of para-hydroxylation sites is 1. The SMILES string of the molecule is CC(C)[C@H]1[NH2+][C@@]2(C(=O)Nc3ccccc32)[C@H]2C(=O)N(c3cccc([N+](=O)[O-])c3)C(=O)[C@H]12. The molecule has 0 aromatic heterocycles. The Balaban J connectivity index is 1.67. The minimum atomic E-state index is -1.24. The van der Waals surface area contributed by atoms with Gasteiger partial charge >= 0.3 is 0 Å². The molecule has 0 bridgehead atoms. The Hall–Kier alpha value is -3.59. The lowest BCUT2D eigenvalue weighted by Crippen LogP contribution is -2.99. The van der Waals surface area contributed by atoms with Gasteiger partial charge in [0.25, 0.3) is 11.6 Å². The lowest BCUT2D eigenvalue weighted by molar-refractivity contribution is -0.738. The number of anilines is 2. The van der Waals surface area contributed by atoms with Crippen molar-refractivity contribution in [3.63, 3.8) is 0 Å². The van der Waals surface area contributed by atoms with Crippen molar-refractivity contribution in [3.8, 4) is 0 Å². The van der Waals surface area contributed by atoms with E-state index < -0.39 is 34.1 Å². The molecule has 0 aliphatic carbocycles. The van der Waals surface area contributed by atoms with Crippen molar-refractivity contribution in [3.05, 3.63) is 64.2 Å². The molecule has 3 heterocycles. The number of amides is 3. The van der Waals surface area contributed by atoms with Crippen LogP contribution in [0.4, 0.5) is 17.1 Å². The number of benzene rings is 2. The standard InChI is InChI=1S/C22H20N4O5/c1-11(2)18-16-17(22(24-18)14-8-3-4-9-15(14)23-21(22)29)20(28)25(19(16)27)12-6-5-7-13(10-12)26(30)31/h3-11,16-18,24H,1-2H3,(H,23,29)/p+1/t16-,17+,18+,22+/m0/s1. The molecule has 2 aromatic carbocycles. The van der Waals surface area contributed by atoms with E-state index in [1.165, 1.54) is 24.3 Å². The van der Waals surface area contributed by atoms with Crippen LogP contribution < -0.4 is 15.5 Å². The predicted octanol–water partition coefficient (Wildman–Crippen LogP) is 1.15. The number of quaternary nitrogens is 1. The molecule has 9 heteroatoms. The number of nitro benzene ring substituents is 1. The van der Waals surface area contributed by atoms with Crippen molar-refractivity contribution in [2.45, 2.75) is 25.4 Å². The molecule has 3 aliphatic heterocycles. The number of hydrogen-bond acceptors (Lipinski definition) is 5. The maximum atomic E-state index is 13.7. The average molecular weight is 421 g/mol. The van der Waals surface area contributed by atoms with E-state index in [2.05, 4.69) is 5.32 Å². The molecular weight excluding hydrogens is 400 g/mol. The molecule has 0 radical (unpaired) electrons. The number of carbonyl (C=O) groups is 3. The van der Waals surface area contributed by atoms with E-state index in [1.54, 1.807) is 6.07 Å². The normalized spacial score (nSPS) is 28.9. The van der Waals surface area contributed by atoms with Gasteiger partial charge in [-0.3, -0.25) is 24.5 Å². The Kier molecular flexibility index (Phi) is 4.03. The predicted molar refractivity (Wildman–Crippen MR) is 110 cm³/mol. The van der Waals surface area contributed by atoms with Gasteiger partial charge in [0, 0.05) is 23.6 Å². The second-order valence-electron chi connectivity index (χ2n) is 8.65. The Bertz CT molecular complexity index is 1160. The Morgan fingerprint density at radius 2 is 1.84 bits per heavy atom. The van der Waals surface area contributed by atoms with Crippen molar-refractivity contribution in [1.29, 1.82) is 0 Å². The number of hydrogen-bond donors (Lipinski definition) is 2. The highest BCUT2D eigenvalue weighted by molar-refractivity contribution is 6.25. The summed E-state index contributed by atoms with van der Waals surface area (Å²) in [4.78, 5) is 52.2. The Labute approximate surface area is 177 Å². The number of nitro groups is 1. The van der Waals surface area contributed by atoms with E-state index in [1.807, 2.05) is 37.4 Å². The van der Waals surface area contributed by atoms with E-state index in [-0.39, 0.29) is 29.2 Å². The van der Waals surface area contributed by atoms with Crippen LogP contribution in [0.1, 0.15) is 19.4 Å². The molecule has 158 valence electrons. The molecule has 1 spiro atoms. The van der Waals surface area contributed by atoms with Gasteiger partial charge in [0.2, 0.25) is 17.4 Å². The lowest BCUT2D eigenvalue weighted by Gasteiger charge is -2.27. The molecule has 2 aromatic rings. The van der Waals surface area contributed by atoms with Gasteiger partial charge in [-0.15, -0.1) is 0 Å². The van der Waals surface area contributed by atoms with Crippen LogP contribution >= 0.6 is 0 Å². The smallest absolute Gasteiger partial charge is 0.291 e. The molecule has 31 heavy (non-hydrogen) atoms. The van der Waals surface area contributed by atoms with Crippen molar-refractivity contribution in [2.24, 2.45) is 17.8 Å². The summed E-state index contributed by atoms with van der Waals surface area (Å²) in [6, 6.07) is 12.4. The van der Waals surface area contributed by atoms with Gasteiger partial charge in [-0.2, -0.15) is 0 Å². The highest BCUT2D eigenvalue weighted by atomic mass is 16.6. The molecule has 3 amide bonds. The first-order valence-corrected chi connectivity index (χ1v) is 10.2. The fraction of sp³-hybridized carbons (Fsp3) is 0.318. The van der Waals surface area contributed by atoms with Gasteiger partial charge in [-0.05, 0) is 12.1 Å². The summed E-state index contributed by atoms with van der Waals surface area (Å²) < 4.78 is 0. The molecule has 3 aliphatic rings. The molecule has 9 nitrogen and oxygen atoms in total. The van der Waals surface area contributed by atoms with Gasteiger partial charge < -0.3 is 10.6 Å². The van der Waals surface area contributed by atoms with Gasteiger partial charge in [0.1, 0.15) is 17.9 Å². The number of fused-ring (bicyclic) bond motifs is 4. The zero-order valence-electron chi connectivity index (χ0n) is 16.9. The average Bonchev–Trinajstić information content (AvgIpc) is 3.33. The third-order valence-electron chi connectivity index (χ3n) is 6.78. The minimum absolute atomic E-state index is 0.0225. The molecule has 5 rings (SSSR count). The first-order chi connectivity index (χ1) is 14.8. The van der Waals surface area contributed by atoms with Crippen molar-refractivity contribution < 1.29 is 24.6 Å². The summed E-state index contributed by atoms with van der Waals surface area (Å²) in [5, 5.41) is 16.0. The lowest BCUT2D eigenvalue weighted by atomic mass is 9.76. The number of imide groups is 1. The summed E-state index contributed by atoms with van der Waals surface area (Å²) in [6.07, 6.45) is 0. The van der Waals surface area contributed by atoms with E-state index in [0.29, 0.717) is 11.3 Å². The molecular formula is C22H21N4O5+. The highest BCUT2D eigenvalue weighted by Gasteiger charge is 2.74. The summed E-state index contributed by atoms with van der Waals surface area (Å²) in [5.41, 5.74) is 0.0446. The topological polar surface area (TPSA) is 126 Å². The van der Waals surface area contributed by atoms with Crippen molar-refractivity contribution in [1.82, 2.24) is 0 Å². The number of rotatable bonds is 3. The fourth-order valence-corrected chi connectivity index (χ4v) is 5.45. The molecule has 2 fully saturated rings. The first-order valence-electron chi connectivity index (χ1n) is 10.2. The zero-order valence-corrected chi connectivity index (χ0v) is 16.9. The largest absolute Gasteiger partial charge is 0.326 e. The molecule has 3 N–H and O–H groups in total. The third kappa shape index (κ3) is 2.43. The van der Waals surface area contributed by atoms with Gasteiger partial charge in [0.05, 0.1) is 16.3 Å². The summed E-state index contributed by atoms with van der Waals surface area (Å²) in [5.74, 6) is -2.80. The monoisotopic (exact) mass is 421 g/mol. The Morgan fingerprint density at radius 1 is 1.10 bits per heavy atom. The van der Waals surface area contributed by atoms with Gasteiger partial charge in [0.15, 0.2) is 0 Å². The second-order valence-corrected chi connectivity index (χ2v) is 8.65. The third-order valence-corrected chi connectivity index (χ3v) is 6.78. The number of non-ortho nitro benzene ring substituents is 1. The van der Waals surface area contributed by atoms with Gasteiger partial charge in [-0.25, -0.2) is 4.90 Å². The van der Waals surface area contributed by atoms with E-state index in [0.717, 1.165) is 4.90 Å². The molecule has 0 saturated carbocycles. The molecule has 4 atom stereocenters. The van der Waals surface area contributed by atoms with Crippen LogP contribution in [0.15, 0.2) is 48.5 Å². The summed E-state index contributed by atoms with van der Waals surface area (Å²) >= 11 is 0. The van der Waals surface area contributed by atoms with E-state index in [9.17, 15) is 24.5 Å². The summed E-state index contributed by atoms with van der Waals surface area (Å²) in [6.45, 7) is 3.92. The number of nitrogens with zero attached hydrogens (tertiary/aromatic N) is 2. The maximum absolute atomic E-state index is 13.7. The maximum Gasteiger partial charge on any atom is 0.291 e. The van der Waals surface area contributed by atoms with Crippen LogP contribution in [-0.4, -0.2) is 28.7 Å². The zero-order chi connectivity index (χ0) is 22.1. The highest BCUT2D eigenvalue weighted by Crippen LogP contribution is 2.50. The van der Waals surface area contributed by atoms with E-state index in [4.69, 9.17) is 0 Å². The summed E-state index contributed by atoms with van der Waals surface area (Å²) in [7, 11) is 0. The molecule has 2 saturated heterocycles. The van der Waals surface area contributed by atoms with Crippen LogP contribution in [0, 0.1) is 27.9 Å². The van der Waals surface area contributed by atoms with Crippen LogP contribution in [-0.2, 0) is 19.9 Å². The quantitative estimate of drug-likeness (QED) is 0.437. The first kappa shape index (κ1) is 19.4. The van der Waals surface area contributed by atoms with Crippen LogP contribution in [0.2, 0.25) is 0 Å². The Morgan fingerprint density at radius 3 is 2.55 bits per heavy atom. The van der Waals surface area contributed by atoms with Crippen LogP contribution in [0.25, 0.3) is 0 Å². The van der Waals surface area contributed by atoms with E-state index >= 15 is 0 Å².